The van der Waals surface area contributed by atoms with Gasteiger partial charge in [-0.25, -0.2) is 10.2 Å². The van der Waals surface area contributed by atoms with E-state index in [1.54, 1.807) is 60.7 Å². The number of hydrogen-bond donors (Lipinski definition) is 3. The molecule has 0 aliphatic carbocycles. The Bertz CT molecular complexity index is 1680. The number of rotatable bonds is 8. The molecule has 3 amide bonds. The molecule has 0 saturated heterocycles. The second kappa shape index (κ2) is 12.8. The van der Waals surface area contributed by atoms with Crippen LogP contribution in [0.1, 0.15) is 38.2 Å². The summed E-state index contributed by atoms with van der Waals surface area (Å²) < 4.78 is 40.3. The highest BCUT2D eigenvalue weighted by Gasteiger charge is 2.30. The van der Waals surface area contributed by atoms with Crippen LogP contribution >= 0.6 is 0 Å². The Balaban J connectivity index is 1.67. The smallest absolute Gasteiger partial charge is 0.351 e. The minimum absolute atomic E-state index is 0.0681. The van der Waals surface area contributed by atoms with Gasteiger partial charge in [-0.3, -0.25) is 9.69 Å². The molecule has 0 aromatic heterocycles. The molecule has 8 nitrogen and oxygen atoms in total. The van der Waals surface area contributed by atoms with Gasteiger partial charge in [0.1, 0.15) is 0 Å². The first-order valence-corrected chi connectivity index (χ1v) is 12.6. The van der Waals surface area contributed by atoms with Gasteiger partial charge in [-0.05, 0) is 65.2 Å². The third kappa shape index (κ3) is 6.99. The number of halogens is 3. The number of amides is 3. The van der Waals surface area contributed by atoms with Crippen molar-refractivity contribution in [2.45, 2.75) is 19.1 Å². The van der Waals surface area contributed by atoms with Crippen molar-refractivity contribution < 1.29 is 22.8 Å². The van der Waals surface area contributed by atoms with Crippen LogP contribution in [-0.2, 0) is 19.1 Å². The van der Waals surface area contributed by atoms with Gasteiger partial charge in [-0.2, -0.15) is 23.5 Å². The van der Waals surface area contributed by atoms with Crippen molar-refractivity contribution in [2.24, 2.45) is 16.6 Å². The van der Waals surface area contributed by atoms with E-state index in [9.17, 15) is 22.8 Å². The van der Waals surface area contributed by atoms with Gasteiger partial charge in [0.05, 0.1) is 34.3 Å². The fourth-order valence-electron chi connectivity index (χ4n) is 4.23. The maximum absolute atomic E-state index is 13.4. The number of carbonyl (C=O) groups is 2. The summed E-state index contributed by atoms with van der Waals surface area (Å²) in [6.07, 6.45) is -4.51. The number of nitrogens with two attached hydrogens (primary N) is 2. The SMILES string of the molecule is N#Cc1ccc(CC(=NNC(=O)c2cccc(N(C(N)=O)c3ccccc3CN)c2)c2cccc(C(F)(F)F)c2)cc1. The zero-order valence-electron chi connectivity index (χ0n) is 22.1. The van der Waals surface area contributed by atoms with Crippen LogP contribution in [0.15, 0.2) is 102 Å². The highest BCUT2D eigenvalue weighted by Crippen LogP contribution is 2.31. The van der Waals surface area contributed by atoms with E-state index in [2.05, 4.69) is 10.5 Å². The zero-order valence-corrected chi connectivity index (χ0v) is 22.1. The number of primary amides is 1. The van der Waals surface area contributed by atoms with Crippen LogP contribution in [0.5, 0.6) is 0 Å². The van der Waals surface area contributed by atoms with Crippen LogP contribution < -0.4 is 21.8 Å². The summed E-state index contributed by atoms with van der Waals surface area (Å²) in [4.78, 5) is 26.8. The van der Waals surface area contributed by atoms with Crippen molar-refractivity contribution in [3.05, 3.63) is 130 Å². The molecular formula is C31H25F3N6O2. The maximum Gasteiger partial charge on any atom is 0.416 e. The lowest BCUT2D eigenvalue weighted by molar-refractivity contribution is -0.137. The normalized spacial score (nSPS) is 11.5. The minimum Gasteiger partial charge on any atom is -0.351 e. The molecule has 0 spiro atoms. The van der Waals surface area contributed by atoms with Crippen molar-refractivity contribution >= 4 is 29.0 Å². The highest BCUT2D eigenvalue weighted by atomic mass is 19.4. The van der Waals surface area contributed by atoms with E-state index in [-0.39, 0.29) is 29.8 Å². The quantitative estimate of drug-likeness (QED) is 0.187. The lowest BCUT2D eigenvalue weighted by Gasteiger charge is -2.23. The fourth-order valence-corrected chi connectivity index (χ4v) is 4.23. The summed E-state index contributed by atoms with van der Waals surface area (Å²) >= 11 is 0. The number of carbonyl (C=O) groups excluding carboxylic acids is 2. The van der Waals surface area contributed by atoms with Gasteiger partial charge in [0.15, 0.2) is 0 Å². The molecule has 5 N–H and O–H groups in total. The number of hydrogen-bond acceptors (Lipinski definition) is 5. The van der Waals surface area contributed by atoms with Crippen molar-refractivity contribution in [2.75, 3.05) is 4.90 Å². The van der Waals surface area contributed by atoms with Crippen LogP contribution in [-0.4, -0.2) is 17.6 Å². The molecule has 212 valence electrons. The van der Waals surface area contributed by atoms with Crippen LogP contribution in [0.4, 0.5) is 29.3 Å². The van der Waals surface area contributed by atoms with E-state index >= 15 is 0 Å². The maximum atomic E-state index is 13.4. The molecule has 4 rings (SSSR count). The standard InChI is InChI=1S/C31H25F3N6O2/c32-31(33,34)25-8-3-6-22(16-25)27(15-20-11-13-21(18-35)14-12-20)38-39-29(41)23-7-4-9-26(17-23)40(30(37)42)28-10-2-1-5-24(28)19-36/h1-14,16-17H,15,19,36H2,(H2,37,42)(H,39,41). The number of nitrogens with one attached hydrogen (secondary N) is 1. The van der Waals surface area contributed by atoms with Gasteiger partial charge in [0, 0.05) is 18.5 Å². The van der Waals surface area contributed by atoms with E-state index < -0.39 is 23.7 Å². The minimum atomic E-state index is -4.58. The van der Waals surface area contributed by atoms with E-state index in [0.717, 1.165) is 12.1 Å². The molecule has 0 bridgehead atoms. The first-order valence-electron chi connectivity index (χ1n) is 12.6. The predicted molar refractivity (Wildman–Crippen MR) is 153 cm³/mol. The molecule has 4 aromatic carbocycles. The molecule has 0 radical (unpaired) electrons. The summed E-state index contributed by atoms with van der Waals surface area (Å²) in [5.74, 6) is -0.669. The molecule has 0 heterocycles. The molecule has 0 aliphatic rings. The first kappa shape index (κ1) is 29.5. The fraction of sp³-hybridized carbons (Fsp3) is 0.0968. The number of benzene rings is 4. The molecule has 0 atom stereocenters. The number of alkyl halides is 3. The largest absolute Gasteiger partial charge is 0.416 e. The van der Waals surface area contributed by atoms with E-state index in [0.29, 0.717) is 28.1 Å². The van der Waals surface area contributed by atoms with Gasteiger partial charge in [0.2, 0.25) is 0 Å². The predicted octanol–water partition coefficient (Wildman–Crippen LogP) is 5.63. The number of urea groups is 1. The summed E-state index contributed by atoms with van der Waals surface area (Å²) in [5.41, 5.74) is 16.0. The molecule has 11 heteroatoms. The molecule has 4 aromatic rings. The topological polar surface area (TPSA) is 138 Å². The Kier molecular flexibility index (Phi) is 8.99. The molecule has 0 saturated carbocycles. The average Bonchev–Trinajstić information content (AvgIpc) is 2.99. The number of nitrogens with zero attached hydrogens (tertiary/aromatic N) is 3. The van der Waals surface area contributed by atoms with Crippen LogP contribution in [0.25, 0.3) is 0 Å². The second-order valence-electron chi connectivity index (χ2n) is 9.12. The number of para-hydroxylation sites is 1. The summed E-state index contributed by atoms with van der Waals surface area (Å²) in [6.45, 7) is 0.145. The van der Waals surface area contributed by atoms with Crippen LogP contribution in [0.2, 0.25) is 0 Å². The summed E-state index contributed by atoms with van der Waals surface area (Å²) in [7, 11) is 0. The third-order valence-electron chi connectivity index (χ3n) is 6.31. The molecule has 0 unspecified atom stereocenters. The van der Waals surface area contributed by atoms with Crippen LogP contribution in [0, 0.1) is 11.3 Å². The lowest BCUT2D eigenvalue weighted by Crippen LogP contribution is -2.32. The number of hydrazone groups is 1. The van der Waals surface area contributed by atoms with Gasteiger partial charge in [0.25, 0.3) is 5.91 Å². The van der Waals surface area contributed by atoms with Gasteiger partial charge < -0.3 is 11.5 Å². The monoisotopic (exact) mass is 570 g/mol. The Hall–Kier alpha value is -5.47. The van der Waals surface area contributed by atoms with E-state index in [4.69, 9.17) is 16.7 Å². The Morgan fingerprint density at radius 3 is 2.26 bits per heavy atom. The highest BCUT2D eigenvalue weighted by molar-refractivity contribution is 6.04. The van der Waals surface area contributed by atoms with Crippen molar-refractivity contribution in [1.82, 2.24) is 5.43 Å². The second-order valence-corrected chi connectivity index (χ2v) is 9.12. The van der Waals surface area contributed by atoms with E-state index in [1.807, 2.05) is 6.07 Å². The first-order chi connectivity index (χ1) is 20.1. The molecular weight excluding hydrogens is 545 g/mol. The average molecular weight is 571 g/mol. The van der Waals surface area contributed by atoms with Gasteiger partial charge in [-0.15, -0.1) is 0 Å². The van der Waals surface area contributed by atoms with Crippen LogP contribution in [0.3, 0.4) is 0 Å². The van der Waals surface area contributed by atoms with Gasteiger partial charge >= 0.3 is 12.2 Å². The molecule has 42 heavy (non-hydrogen) atoms. The number of anilines is 2. The molecule has 0 fully saturated rings. The summed E-state index contributed by atoms with van der Waals surface area (Å²) in [5, 5.41) is 13.3. The lowest BCUT2D eigenvalue weighted by atomic mass is 9.99. The third-order valence-corrected chi connectivity index (χ3v) is 6.31. The molecule has 0 aliphatic heterocycles. The van der Waals surface area contributed by atoms with Gasteiger partial charge in [-0.1, -0.05) is 48.5 Å². The zero-order chi connectivity index (χ0) is 30.3. The Morgan fingerprint density at radius 1 is 0.905 bits per heavy atom. The van der Waals surface area contributed by atoms with E-state index in [1.165, 1.54) is 29.2 Å². The van der Waals surface area contributed by atoms with Crippen molar-refractivity contribution in [3.63, 3.8) is 0 Å². The Morgan fingerprint density at radius 2 is 1.60 bits per heavy atom. The summed E-state index contributed by atoms with van der Waals surface area (Å²) in [6, 6.07) is 25.3. The van der Waals surface area contributed by atoms with Crippen molar-refractivity contribution in [1.29, 1.82) is 5.26 Å². The van der Waals surface area contributed by atoms with Crippen molar-refractivity contribution in [3.8, 4) is 6.07 Å². The Labute approximate surface area is 239 Å². The number of nitriles is 1.